The molecular weight excluding hydrogens is 425 g/mol. The number of benzene rings is 1. The van der Waals surface area contributed by atoms with E-state index in [9.17, 15) is 0 Å². The fraction of sp³-hybridized carbons (Fsp3) is 0.474. The molecule has 0 saturated carbocycles. The lowest BCUT2D eigenvalue weighted by Gasteiger charge is -2.10. The molecule has 0 radical (unpaired) electrons. The molecule has 5 nitrogen and oxygen atoms in total. The van der Waals surface area contributed by atoms with Crippen molar-refractivity contribution in [2.24, 2.45) is 4.99 Å². The normalized spacial score (nSPS) is 11.0. The van der Waals surface area contributed by atoms with Crippen LogP contribution >= 0.6 is 24.0 Å². The molecule has 6 heteroatoms. The van der Waals surface area contributed by atoms with Crippen LogP contribution in [0, 0.1) is 0 Å². The zero-order valence-electron chi connectivity index (χ0n) is 15.2. The van der Waals surface area contributed by atoms with Crippen LogP contribution in [0.3, 0.4) is 0 Å². The Kier molecular flexibility index (Phi) is 10.9. The van der Waals surface area contributed by atoms with Crippen molar-refractivity contribution in [3.63, 3.8) is 0 Å². The second kappa shape index (κ2) is 12.7. The molecule has 0 spiro atoms. The van der Waals surface area contributed by atoms with E-state index in [-0.39, 0.29) is 24.0 Å². The van der Waals surface area contributed by atoms with E-state index in [1.807, 2.05) is 16.9 Å². The molecule has 0 aliphatic heterocycles. The number of unbranched alkanes of at least 4 members (excludes halogenated alkanes) is 3. The molecule has 2 N–H and O–H groups in total. The molecule has 25 heavy (non-hydrogen) atoms. The van der Waals surface area contributed by atoms with Gasteiger partial charge in [0.2, 0.25) is 0 Å². The van der Waals surface area contributed by atoms with E-state index in [1.165, 1.54) is 31.2 Å². The Morgan fingerprint density at radius 1 is 1.08 bits per heavy atom. The summed E-state index contributed by atoms with van der Waals surface area (Å²) in [5.74, 6) is 0.849. The number of hydrogen-bond donors (Lipinski definition) is 2. The van der Waals surface area contributed by atoms with Crippen LogP contribution in [-0.4, -0.2) is 29.3 Å². The summed E-state index contributed by atoms with van der Waals surface area (Å²) in [5.41, 5.74) is 2.41. The second-order valence-corrected chi connectivity index (χ2v) is 5.94. The average molecular weight is 455 g/mol. The van der Waals surface area contributed by atoms with Crippen molar-refractivity contribution in [1.29, 1.82) is 0 Å². The van der Waals surface area contributed by atoms with Crippen molar-refractivity contribution in [2.45, 2.75) is 45.7 Å². The van der Waals surface area contributed by atoms with Gasteiger partial charge in [0, 0.05) is 31.9 Å². The number of guanidine groups is 1. The first-order chi connectivity index (χ1) is 11.8. The summed E-state index contributed by atoms with van der Waals surface area (Å²) in [5, 5.41) is 11.1. The standard InChI is InChI=1S/C19H29N5.HI/c1-3-4-5-9-12-21-19(20-2)22-13-18-14-23-24(16-18)15-17-10-7-6-8-11-17;/h6-8,10-11,14,16H,3-5,9,12-13,15H2,1-2H3,(H2,20,21,22);1H. The molecular formula is C19H30IN5. The highest BCUT2D eigenvalue weighted by Crippen LogP contribution is 2.04. The van der Waals surface area contributed by atoms with Crippen LogP contribution < -0.4 is 10.6 Å². The Bertz CT molecular complexity index is 609. The molecule has 0 aliphatic rings. The molecule has 0 unspecified atom stereocenters. The van der Waals surface area contributed by atoms with Gasteiger partial charge in [-0.2, -0.15) is 5.10 Å². The first kappa shape index (κ1) is 21.5. The van der Waals surface area contributed by atoms with Gasteiger partial charge in [0.15, 0.2) is 5.96 Å². The molecule has 1 aromatic carbocycles. The number of aromatic nitrogens is 2. The molecule has 0 fully saturated rings. The van der Waals surface area contributed by atoms with Gasteiger partial charge in [0.1, 0.15) is 0 Å². The Labute approximate surface area is 168 Å². The Hall–Kier alpha value is -1.57. The minimum atomic E-state index is 0. The van der Waals surface area contributed by atoms with E-state index < -0.39 is 0 Å². The number of hydrogen-bond acceptors (Lipinski definition) is 2. The van der Waals surface area contributed by atoms with Crippen molar-refractivity contribution in [2.75, 3.05) is 13.6 Å². The SMILES string of the molecule is CCCCCCNC(=NC)NCc1cnn(Cc2ccccc2)c1.I. The maximum absolute atomic E-state index is 4.43. The maximum Gasteiger partial charge on any atom is 0.191 e. The molecule has 2 rings (SSSR count). The summed E-state index contributed by atoms with van der Waals surface area (Å²) in [6.07, 6.45) is 9.00. The van der Waals surface area contributed by atoms with Crippen LogP contribution in [0.25, 0.3) is 0 Å². The zero-order chi connectivity index (χ0) is 17.0. The van der Waals surface area contributed by atoms with Crippen LogP contribution in [0.4, 0.5) is 0 Å². The molecule has 0 atom stereocenters. The van der Waals surface area contributed by atoms with Crippen molar-refractivity contribution in [3.05, 3.63) is 53.9 Å². The first-order valence-electron chi connectivity index (χ1n) is 8.81. The molecule has 1 aromatic heterocycles. The molecule has 0 saturated heterocycles. The van der Waals surface area contributed by atoms with Gasteiger partial charge in [0.25, 0.3) is 0 Å². The maximum atomic E-state index is 4.43. The predicted octanol–water partition coefficient (Wildman–Crippen LogP) is 3.79. The molecule has 0 aliphatic carbocycles. The summed E-state index contributed by atoms with van der Waals surface area (Å²) >= 11 is 0. The van der Waals surface area contributed by atoms with Gasteiger partial charge < -0.3 is 10.6 Å². The van der Waals surface area contributed by atoms with Gasteiger partial charge in [-0.15, -0.1) is 24.0 Å². The zero-order valence-corrected chi connectivity index (χ0v) is 17.6. The minimum absolute atomic E-state index is 0. The molecule has 0 amide bonds. The Morgan fingerprint density at radius 2 is 1.88 bits per heavy atom. The third-order valence-corrected chi connectivity index (χ3v) is 3.88. The van der Waals surface area contributed by atoms with E-state index in [0.29, 0.717) is 0 Å². The Balaban J connectivity index is 0.00000312. The number of rotatable bonds is 9. The summed E-state index contributed by atoms with van der Waals surface area (Å²) in [4.78, 5) is 4.26. The van der Waals surface area contributed by atoms with E-state index >= 15 is 0 Å². The third kappa shape index (κ3) is 8.38. The van der Waals surface area contributed by atoms with Gasteiger partial charge in [0.05, 0.1) is 12.7 Å². The molecule has 138 valence electrons. The van der Waals surface area contributed by atoms with Crippen molar-refractivity contribution < 1.29 is 0 Å². The third-order valence-electron chi connectivity index (χ3n) is 3.88. The monoisotopic (exact) mass is 455 g/mol. The minimum Gasteiger partial charge on any atom is -0.356 e. The quantitative estimate of drug-likeness (QED) is 0.262. The van der Waals surface area contributed by atoms with Gasteiger partial charge in [-0.1, -0.05) is 56.5 Å². The largest absolute Gasteiger partial charge is 0.356 e. The lowest BCUT2D eigenvalue weighted by Crippen LogP contribution is -2.37. The second-order valence-electron chi connectivity index (χ2n) is 5.94. The van der Waals surface area contributed by atoms with Crippen molar-refractivity contribution >= 4 is 29.9 Å². The van der Waals surface area contributed by atoms with Crippen LogP contribution in [0.5, 0.6) is 0 Å². The van der Waals surface area contributed by atoms with E-state index in [2.05, 4.69) is 58.1 Å². The topological polar surface area (TPSA) is 54.2 Å². The first-order valence-corrected chi connectivity index (χ1v) is 8.81. The van der Waals surface area contributed by atoms with E-state index in [4.69, 9.17) is 0 Å². The molecule has 2 aromatic rings. The van der Waals surface area contributed by atoms with Gasteiger partial charge in [-0.05, 0) is 12.0 Å². The number of nitrogens with one attached hydrogen (secondary N) is 2. The molecule has 1 heterocycles. The highest BCUT2D eigenvalue weighted by Gasteiger charge is 2.02. The van der Waals surface area contributed by atoms with Gasteiger partial charge in [-0.25, -0.2) is 0 Å². The van der Waals surface area contributed by atoms with Crippen molar-refractivity contribution in [1.82, 2.24) is 20.4 Å². The van der Waals surface area contributed by atoms with E-state index in [1.54, 1.807) is 7.05 Å². The Morgan fingerprint density at radius 3 is 2.60 bits per heavy atom. The molecule has 0 bridgehead atoms. The van der Waals surface area contributed by atoms with Crippen LogP contribution in [0.15, 0.2) is 47.7 Å². The highest BCUT2D eigenvalue weighted by molar-refractivity contribution is 14.0. The van der Waals surface area contributed by atoms with Crippen molar-refractivity contribution in [3.8, 4) is 0 Å². The van der Waals surface area contributed by atoms with Gasteiger partial charge in [-0.3, -0.25) is 9.67 Å². The number of nitrogens with zero attached hydrogens (tertiary/aromatic N) is 3. The summed E-state index contributed by atoms with van der Waals surface area (Å²) in [6, 6.07) is 10.4. The van der Waals surface area contributed by atoms with Crippen LogP contribution in [0.2, 0.25) is 0 Å². The van der Waals surface area contributed by atoms with Gasteiger partial charge >= 0.3 is 0 Å². The summed E-state index contributed by atoms with van der Waals surface area (Å²) in [7, 11) is 1.81. The van der Waals surface area contributed by atoms with Crippen LogP contribution in [0.1, 0.15) is 43.7 Å². The smallest absolute Gasteiger partial charge is 0.191 e. The summed E-state index contributed by atoms with van der Waals surface area (Å²) < 4.78 is 1.97. The highest BCUT2D eigenvalue weighted by atomic mass is 127. The number of aliphatic imine (C=N–C) groups is 1. The fourth-order valence-electron chi connectivity index (χ4n) is 2.52. The average Bonchev–Trinajstić information content (AvgIpc) is 3.05. The summed E-state index contributed by atoms with van der Waals surface area (Å²) in [6.45, 7) is 4.72. The van der Waals surface area contributed by atoms with E-state index in [0.717, 1.165) is 31.2 Å². The number of halogens is 1. The fourth-order valence-corrected chi connectivity index (χ4v) is 2.52. The predicted molar refractivity (Wildman–Crippen MR) is 116 cm³/mol. The van der Waals surface area contributed by atoms with Crippen LogP contribution in [-0.2, 0) is 13.1 Å². The lowest BCUT2D eigenvalue weighted by molar-refractivity contribution is 0.647. The lowest BCUT2D eigenvalue weighted by atomic mass is 10.2.